The Morgan fingerprint density at radius 2 is 1.44 bits per heavy atom. The molecule has 25 heavy (non-hydrogen) atoms. The van der Waals surface area contributed by atoms with Crippen molar-refractivity contribution in [3.63, 3.8) is 0 Å². The zero-order valence-electron chi connectivity index (χ0n) is 13.6. The van der Waals surface area contributed by atoms with Crippen LogP contribution in [0.4, 0.5) is 0 Å². The highest BCUT2D eigenvalue weighted by Gasteiger charge is 2.06. The van der Waals surface area contributed by atoms with Crippen LogP contribution in [0.2, 0.25) is 0 Å². The van der Waals surface area contributed by atoms with Crippen LogP contribution in [0.5, 0.6) is 0 Å². The summed E-state index contributed by atoms with van der Waals surface area (Å²) in [6.07, 6.45) is 0. The Balaban J connectivity index is 1.75. The molecule has 0 saturated carbocycles. The zero-order valence-corrected chi connectivity index (χ0v) is 13.6. The van der Waals surface area contributed by atoms with Crippen LogP contribution in [-0.2, 0) is 18.0 Å². The fourth-order valence-corrected chi connectivity index (χ4v) is 2.69. The molecule has 0 aliphatic heterocycles. The van der Waals surface area contributed by atoms with E-state index in [1.54, 1.807) is 12.1 Å². The average Bonchev–Trinajstić information content (AvgIpc) is 2.68. The number of nitriles is 2. The van der Waals surface area contributed by atoms with Crippen molar-refractivity contribution in [1.82, 2.24) is 0 Å². The average molecular weight is 324 g/mol. The van der Waals surface area contributed by atoms with Gasteiger partial charge >= 0.3 is 0 Å². The van der Waals surface area contributed by atoms with Crippen LogP contribution < -0.4 is 0 Å². The molecule has 0 aliphatic carbocycles. The molecule has 3 nitrogen and oxygen atoms in total. The van der Waals surface area contributed by atoms with Gasteiger partial charge in [0.1, 0.15) is 0 Å². The van der Waals surface area contributed by atoms with E-state index in [0.29, 0.717) is 24.3 Å². The van der Waals surface area contributed by atoms with Crippen LogP contribution in [0, 0.1) is 22.7 Å². The monoisotopic (exact) mass is 324 g/mol. The van der Waals surface area contributed by atoms with Crippen LogP contribution >= 0.6 is 0 Å². The third-order valence-electron chi connectivity index (χ3n) is 3.90. The Morgan fingerprint density at radius 3 is 2.24 bits per heavy atom. The van der Waals surface area contributed by atoms with Gasteiger partial charge in [0, 0.05) is 0 Å². The van der Waals surface area contributed by atoms with Gasteiger partial charge in [-0.05, 0) is 46.5 Å². The van der Waals surface area contributed by atoms with E-state index in [2.05, 4.69) is 12.1 Å². The first-order valence-electron chi connectivity index (χ1n) is 7.95. The third-order valence-corrected chi connectivity index (χ3v) is 3.90. The molecular formula is C22H16N2O. The molecule has 0 heterocycles. The predicted octanol–water partition coefficient (Wildman–Crippen LogP) is 4.81. The van der Waals surface area contributed by atoms with Crippen LogP contribution in [0.3, 0.4) is 0 Å². The standard InChI is InChI=1S/C22H16N2O/c23-13-17-5-3-7-19(11-17)15-25-16-21-8-1-2-10-22(21)20-9-4-6-18(12-20)14-24/h1-12H,15-16H2. The molecule has 3 aromatic carbocycles. The summed E-state index contributed by atoms with van der Waals surface area (Å²) in [6, 6.07) is 27.3. The van der Waals surface area contributed by atoms with Gasteiger partial charge in [-0.15, -0.1) is 0 Å². The Kier molecular flexibility index (Phi) is 5.22. The quantitative estimate of drug-likeness (QED) is 0.676. The van der Waals surface area contributed by atoms with E-state index in [0.717, 1.165) is 22.3 Å². The van der Waals surface area contributed by atoms with Gasteiger partial charge in [0.15, 0.2) is 0 Å². The van der Waals surface area contributed by atoms with Crippen molar-refractivity contribution in [3.05, 3.63) is 95.1 Å². The summed E-state index contributed by atoms with van der Waals surface area (Å²) in [5.41, 5.74) is 5.38. The fraction of sp³-hybridized carbons (Fsp3) is 0.0909. The first-order valence-corrected chi connectivity index (χ1v) is 7.95. The van der Waals surface area contributed by atoms with E-state index in [-0.39, 0.29) is 0 Å². The highest BCUT2D eigenvalue weighted by molar-refractivity contribution is 5.68. The smallest absolute Gasteiger partial charge is 0.0991 e. The molecule has 120 valence electrons. The van der Waals surface area contributed by atoms with E-state index in [1.165, 1.54) is 0 Å². The van der Waals surface area contributed by atoms with E-state index in [1.807, 2.05) is 60.7 Å². The first kappa shape index (κ1) is 16.5. The fourth-order valence-electron chi connectivity index (χ4n) is 2.69. The molecule has 0 radical (unpaired) electrons. The van der Waals surface area contributed by atoms with Gasteiger partial charge in [0.25, 0.3) is 0 Å². The van der Waals surface area contributed by atoms with Crippen LogP contribution in [-0.4, -0.2) is 0 Å². The van der Waals surface area contributed by atoms with Crippen LogP contribution in [0.15, 0.2) is 72.8 Å². The SMILES string of the molecule is N#Cc1cccc(COCc2ccccc2-c2cccc(C#N)c2)c1. The molecule has 0 aliphatic rings. The molecule has 3 rings (SSSR count). The van der Waals surface area contributed by atoms with Gasteiger partial charge < -0.3 is 4.74 Å². The van der Waals surface area contributed by atoms with Crippen LogP contribution in [0.25, 0.3) is 11.1 Å². The van der Waals surface area contributed by atoms with Crippen molar-refractivity contribution in [2.24, 2.45) is 0 Å². The van der Waals surface area contributed by atoms with E-state index in [4.69, 9.17) is 15.3 Å². The lowest BCUT2D eigenvalue weighted by Crippen LogP contribution is -1.97. The highest BCUT2D eigenvalue weighted by atomic mass is 16.5. The van der Waals surface area contributed by atoms with Crippen LogP contribution in [0.1, 0.15) is 22.3 Å². The van der Waals surface area contributed by atoms with Crippen molar-refractivity contribution >= 4 is 0 Å². The first-order chi connectivity index (χ1) is 12.3. The number of nitrogens with zero attached hydrogens (tertiary/aromatic N) is 2. The third kappa shape index (κ3) is 4.12. The van der Waals surface area contributed by atoms with Crippen molar-refractivity contribution in [1.29, 1.82) is 10.5 Å². The molecule has 0 atom stereocenters. The summed E-state index contributed by atoms with van der Waals surface area (Å²) in [4.78, 5) is 0. The minimum Gasteiger partial charge on any atom is -0.372 e. The molecular weight excluding hydrogens is 308 g/mol. The minimum absolute atomic E-state index is 0.447. The van der Waals surface area contributed by atoms with E-state index >= 15 is 0 Å². The number of hydrogen-bond acceptors (Lipinski definition) is 3. The lowest BCUT2D eigenvalue weighted by atomic mass is 9.99. The van der Waals surface area contributed by atoms with Gasteiger partial charge in [-0.2, -0.15) is 10.5 Å². The zero-order chi connectivity index (χ0) is 17.5. The number of benzene rings is 3. The molecule has 3 aromatic rings. The van der Waals surface area contributed by atoms with Crippen molar-refractivity contribution in [2.45, 2.75) is 13.2 Å². The van der Waals surface area contributed by atoms with Crippen molar-refractivity contribution in [2.75, 3.05) is 0 Å². The maximum Gasteiger partial charge on any atom is 0.0991 e. The van der Waals surface area contributed by atoms with Gasteiger partial charge in [-0.3, -0.25) is 0 Å². The van der Waals surface area contributed by atoms with Crippen molar-refractivity contribution < 1.29 is 4.74 Å². The Labute approximate surface area is 147 Å². The Bertz CT molecular complexity index is 964. The molecule has 0 unspecified atom stereocenters. The molecule has 3 heteroatoms. The topological polar surface area (TPSA) is 56.8 Å². The van der Waals surface area contributed by atoms with Gasteiger partial charge in [0.05, 0.1) is 36.5 Å². The van der Waals surface area contributed by atoms with Gasteiger partial charge in [-0.1, -0.05) is 48.5 Å². The normalized spacial score (nSPS) is 10.0. The summed E-state index contributed by atoms with van der Waals surface area (Å²) in [7, 11) is 0. The molecule has 0 amide bonds. The molecule has 0 bridgehead atoms. The second-order valence-corrected chi connectivity index (χ2v) is 5.65. The van der Waals surface area contributed by atoms with E-state index < -0.39 is 0 Å². The largest absolute Gasteiger partial charge is 0.372 e. The molecule has 0 N–H and O–H groups in total. The van der Waals surface area contributed by atoms with E-state index in [9.17, 15) is 0 Å². The van der Waals surface area contributed by atoms with Gasteiger partial charge in [0.2, 0.25) is 0 Å². The number of ether oxygens (including phenoxy) is 1. The second-order valence-electron chi connectivity index (χ2n) is 5.65. The Morgan fingerprint density at radius 1 is 0.720 bits per heavy atom. The lowest BCUT2D eigenvalue weighted by molar-refractivity contribution is 0.107. The number of rotatable bonds is 5. The predicted molar refractivity (Wildman–Crippen MR) is 96.2 cm³/mol. The highest BCUT2D eigenvalue weighted by Crippen LogP contribution is 2.25. The molecule has 0 fully saturated rings. The maximum absolute atomic E-state index is 9.09. The summed E-state index contributed by atoms with van der Waals surface area (Å²) in [6.45, 7) is 0.909. The van der Waals surface area contributed by atoms with Crippen molar-refractivity contribution in [3.8, 4) is 23.3 Å². The Hall–Kier alpha value is -3.40. The summed E-state index contributed by atoms with van der Waals surface area (Å²) < 4.78 is 5.85. The second kappa shape index (κ2) is 7.93. The summed E-state index contributed by atoms with van der Waals surface area (Å²) in [5.74, 6) is 0. The number of hydrogen-bond donors (Lipinski definition) is 0. The maximum atomic E-state index is 9.09. The lowest BCUT2D eigenvalue weighted by Gasteiger charge is -2.11. The molecule has 0 aromatic heterocycles. The molecule has 0 spiro atoms. The minimum atomic E-state index is 0.447. The summed E-state index contributed by atoms with van der Waals surface area (Å²) in [5, 5.41) is 18.0. The van der Waals surface area contributed by atoms with Gasteiger partial charge in [-0.25, -0.2) is 0 Å². The molecule has 0 saturated heterocycles. The summed E-state index contributed by atoms with van der Waals surface area (Å²) >= 11 is 0.